The Morgan fingerprint density at radius 1 is 1.30 bits per heavy atom. The van der Waals surface area contributed by atoms with Crippen molar-refractivity contribution in [1.82, 2.24) is 10.3 Å². The van der Waals surface area contributed by atoms with Crippen LogP contribution in [0.5, 0.6) is 0 Å². The third-order valence-corrected chi connectivity index (χ3v) is 4.45. The molecule has 1 heterocycles. The number of nitrogens with zero attached hydrogens (tertiary/aromatic N) is 2. The third kappa shape index (κ3) is 3.07. The molecule has 0 bridgehead atoms. The van der Waals surface area contributed by atoms with Gasteiger partial charge in [0.2, 0.25) is 0 Å². The van der Waals surface area contributed by atoms with Crippen LogP contribution in [0, 0.1) is 23.2 Å². The Morgan fingerprint density at radius 2 is 2.17 bits per heavy atom. The Hall–Kier alpha value is -2.74. The lowest BCUT2D eigenvalue weighted by Crippen LogP contribution is -2.34. The van der Waals surface area contributed by atoms with Crippen molar-refractivity contribution in [1.29, 1.82) is 5.26 Å². The number of carbonyl (C=O) groups is 2. The zero-order valence-electron chi connectivity index (χ0n) is 12.7. The van der Waals surface area contributed by atoms with Gasteiger partial charge in [-0.15, -0.1) is 0 Å². The van der Waals surface area contributed by atoms with Crippen LogP contribution in [0.2, 0.25) is 0 Å². The molecule has 1 aromatic heterocycles. The Balaban J connectivity index is 1.70. The summed E-state index contributed by atoms with van der Waals surface area (Å²) in [5, 5.41) is 13.4. The molecule has 2 atom stereocenters. The molecule has 1 aliphatic rings. The average molecular weight is 307 g/mol. The Bertz CT molecular complexity index is 789. The highest BCUT2D eigenvalue weighted by Gasteiger charge is 2.32. The number of aromatic nitrogens is 1. The summed E-state index contributed by atoms with van der Waals surface area (Å²) in [6.45, 7) is -0.0294. The number of hydrogen-bond donors (Lipinski definition) is 1. The molecular weight excluding hydrogens is 290 g/mol. The fourth-order valence-corrected chi connectivity index (χ4v) is 3.21. The molecule has 0 spiro atoms. The topological polar surface area (TPSA) is 82.9 Å². The maximum Gasteiger partial charge on any atom is 0.252 e. The van der Waals surface area contributed by atoms with Gasteiger partial charge in [-0.2, -0.15) is 5.26 Å². The van der Waals surface area contributed by atoms with Crippen LogP contribution in [0.25, 0.3) is 10.8 Å². The molecule has 1 aliphatic carbocycles. The van der Waals surface area contributed by atoms with E-state index in [2.05, 4.69) is 16.4 Å². The SMILES string of the molecule is N#CC1CCCC1C(=O)CNC(=O)c1cccc2ccncc12. The number of rotatable bonds is 4. The minimum Gasteiger partial charge on any atom is -0.345 e. The second-order valence-corrected chi connectivity index (χ2v) is 5.82. The lowest BCUT2D eigenvalue weighted by atomic mass is 9.93. The maximum atomic E-state index is 12.4. The van der Waals surface area contributed by atoms with Gasteiger partial charge in [0, 0.05) is 29.3 Å². The summed E-state index contributed by atoms with van der Waals surface area (Å²) < 4.78 is 0. The standard InChI is InChI=1S/C18H17N3O2/c19-9-13-4-2-5-14(13)17(22)11-21-18(23)15-6-1-3-12-7-8-20-10-16(12)15/h1,3,6-8,10,13-14H,2,4-5,11H2,(H,21,23). The Labute approximate surface area is 134 Å². The summed E-state index contributed by atoms with van der Waals surface area (Å²) >= 11 is 0. The van der Waals surface area contributed by atoms with Crippen LogP contribution in [0.15, 0.2) is 36.7 Å². The lowest BCUT2D eigenvalue weighted by molar-refractivity contribution is -0.122. The van der Waals surface area contributed by atoms with Gasteiger partial charge in [-0.05, 0) is 30.4 Å². The molecule has 0 aliphatic heterocycles. The molecule has 2 unspecified atom stereocenters. The lowest BCUT2D eigenvalue weighted by Gasteiger charge is -2.13. The maximum absolute atomic E-state index is 12.4. The largest absolute Gasteiger partial charge is 0.345 e. The zero-order chi connectivity index (χ0) is 16.2. The summed E-state index contributed by atoms with van der Waals surface area (Å²) in [5.41, 5.74) is 0.506. The van der Waals surface area contributed by atoms with E-state index in [1.165, 1.54) is 0 Å². The summed E-state index contributed by atoms with van der Waals surface area (Å²) in [4.78, 5) is 28.7. The number of nitriles is 1. The highest BCUT2D eigenvalue weighted by molar-refractivity contribution is 6.07. The van der Waals surface area contributed by atoms with E-state index >= 15 is 0 Å². The van der Waals surface area contributed by atoms with E-state index in [0.717, 1.165) is 30.0 Å². The minimum absolute atomic E-state index is 0.0294. The molecule has 1 fully saturated rings. The van der Waals surface area contributed by atoms with Crippen molar-refractivity contribution in [2.75, 3.05) is 6.54 Å². The van der Waals surface area contributed by atoms with Crippen molar-refractivity contribution in [3.8, 4) is 6.07 Å². The van der Waals surface area contributed by atoms with Gasteiger partial charge in [-0.1, -0.05) is 18.6 Å². The number of ketones is 1. The monoisotopic (exact) mass is 307 g/mol. The first-order valence-corrected chi connectivity index (χ1v) is 7.74. The summed E-state index contributed by atoms with van der Waals surface area (Å²) in [6, 6.07) is 9.48. The molecule has 1 aromatic carbocycles. The minimum atomic E-state index is -0.288. The van der Waals surface area contributed by atoms with Crippen molar-refractivity contribution in [3.63, 3.8) is 0 Å². The van der Waals surface area contributed by atoms with Gasteiger partial charge in [-0.3, -0.25) is 14.6 Å². The molecule has 0 radical (unpaired) electrons. The van der Waals surface area contributed by atoms with Crippen molar-refractivity contribution in [2.45, 2.75) is 19.3 Å². The smallest absolute Gasteiger partial charge is 0.252 e. The molecule has 5 nitrogen and oxygen atoms in total. The number of amides is 1. The number of pyridine rings is 1. The molecule has 1 N–H and O–H groups in total. The fraction of sp³-hybridized carbons (Fsp3) is 0.333. The van der Waals surface area contributed by atoms with Crippen LogP contribution >= 0.6 is 0 Å². The second kappa shape index (κ2) is 6.57. The van der Waals surface area contributed by atoms with Crippen LogP contribution in [0.4, 0.5) is 0 Å². The summed E-state index contributed by atoms with van der Waals surface area (Å²) in [6.07, 6.45) is 5.74. The highest BCUT2D eigenvalue weighted by atomic mass is 16.2. The van der Waals surface area contributed by atoms with E-state index in [1.54, 1.807) is 18.5 Å². The normalized spacial score (nSPS) is 20.1. The second-order valence-electron chi connectivity index (χ2n) is 5.82. The molecular formula is C18H17N3O2. The van der Waals surface area contributed by atoms with Crippen molar-refractivity contribution in [3.05, 3.63) is 42.2 Å². The predicted molar refractivity (Wildman–Crippen MR) is 85.5 cm³/mol. The molecule has 3 rings (SSSR count). The number of Topliss-reactive ketones (excluding diaryl/α,β-unsaturated/α-hetero) is 1. The predicted octanol–water partition coefficient (Wildman–Crippen LogP) is 2.47. The van der Waals surface area contributed by atoms with Crippen LogP contribution in [0.1, 0.15) is 29.6 Å². The summed E-state index contributed by atoms with van der Waals surface area (Å²) in [5.74, 6) is -0.792. The van der Waals surface area contributed by atoms with Crippen LogP contribution in [-0.2, 0) is 4.79 Å². The third-order valence-electron chi connectivity index (χ3n) is 4.45. The van der Waals surface area contributed by atoms with Crippen molar-refractivity contribution in [2.24, 2.45) is 11.8 Å². The first kappa shape index (κ1) is 15.2. The molecule has 0 saturated heterocycles. The number of hydrogen-bond acceptors (Lipinski definition) is 4. The first-order valence-electron chi connectivity index (χ1n) is 7.74. The molecule has 2 aromatic rings. The van der Waals surface area contributed by atoms with Crippen LogP contribution in [0.3, 0.4) is 0 Å². The van der Waals surface area contributed by atoms with E-state index in [0.29, 0.717) is 5.56 Å². The van der Waals surface area contributed by atoms with E-state index in [-0.39, 0.29) is 30.1 Å². The van der Waals surface area contributed by atoms with Gasteiger partial charge < -0.3 is 5.32 Å². The number of benzene rings is 1. The summed E-state index contributed by atoms with van der Waals surface area (Å²) in [7, 11) is 0. The highest BCUT2D eigenvalue weighted by Crippen LogP contribution is 2.31. The van der Waals surface area contributed by atoms with Crippen LogP contribution in [-0.4, -0.2) is 23.2 Å². The van der Waals surface area contributed by atoms with Crippen molar-refractivity contribution < 1.29 is 9.59 Å². The van der Waals surface area contributed by atoms with E-state index in [4.69, 9.17) is 5.26 Å². The average Bonchev–Trinajstić information content (AvgIpc) is 3.07. The van der Waals surface area contributed by atoms with Gasteiger partial charge in [0.25, 0.3) is 5.91 Å². The van der Waals surface area contributed by atoms with Crippen LogP contribution < -0.4 is 5.32 Å². The molecule has 5 heteroatoms. The first-order chi connectivity index (χ1) is 11.2. The fourth-order valence-electron chi connectivity index (χ4n) is 3.21. The van der Waals surface area contributed by atoms with E-state index in [1.807, 2.05) is 18.2 Å². The van der Waals surface area contributed by atoms with E-state index < -0.39 is 0 Å². The van der Waals surface area contributed by atoms with Gasteiger partial charge in [0.05, 0.1) is 18.5 Å². The van der Waals surface area contributed by atoms with Gasteiger partial charge in [0.1, 0.15) is 0 Å². The van der Waals surface area contributed by atoms with Crippen molar-refractivity contribution >= 4 is 22.5 Å². The zero-order valence-corrected chi connectivity index (χ0v) is 12.7. The number of carbonyl (C=O) groups excluding carboxylic acids is 2. The quantitative estimate of drug-likeness (QED) is 0.940. The molecule has 23 heavy (non-hydrogen) atoms. The van der Waals surface area contributed by atoms with E-state index in [9.17, 15) is 9.59 Å². The van der Waals surface area contributed by atoms with Gasteiger partial charge in [-0.25, -0.2) is 0 Å². The number of nitrogens with one attached hydrogen (secondary N) is 1. The van der Waals surface area contributed by atoms with Gasteiger partial charge >= 0.3 is 0 Å². The Morgan fingerprint density at radius 3 is 3.00 bits per heavy atom. The molecule has 1 amide bonds. The molecule has 116 valence electrons. The number of fused-ring (bicyclic) bond motifs is 1. The molecule has 1 saturated carbocycles. The Kier molecular flexibility index (Phi) is 4.33. The van der Waals surface area contributed by atoms with Gasteiger partial charge in [0.15, 0.2) is 5.78 Å².